The van der Waals surface area contributed by atoms with Crippen LogP contribution in [0.3, 0.4) is 0 Å². The van der Waals surface area contributed by atoms with Crippen molar-refractivity contribution in [1.29, 1.82) is 0 Å². The molecule has 0 atom stereocenters. The zero-order valence-corrected chi connectivity index (χ0v) is 9.70. The van der Waals surface area contributed by atoms with Crippen LogP contribution in [0.15, 0.2) is 30.3 Å². The van der Waals surface area contributed by atoms with Gasteiger partial charge < -0.3 is 5.73 Å². The van der Waals surface area contributed by atoms with Crippen LogP contribution in [0.5, 0.6) is 0 Å². The monoisotopic (exact) mass is 255 g/mol. The fourth-order valence-electron chi connectivity index (χ4n) is 1.76. The Bertz CT molecular complexity index is 558. The Morgan fingerprint density at radius 3 is 2.61 bits per heavy atom. The molecule has 18 heavy (non-hydrogen) atoms. The molecule has 2 rings (SSSR count). The molecule has 0 spiro atoms. The van der Waals surface area contributed by atoms with Crippen LogP contribution < -0.4 is 5.73 Å². The van der Waals surface area contributed by atoms with Gasteiger partial charge in [0.15, 0.2) is 0 Å². The molecule has 2 N–H and O–H groups in total. The number of nitrogen functional groups attached to an aromatic ring is 1. The summed E-state index contributed by atoms with van der Waals surface area (Å²) in [5, 5.41) is 4.01. The van der Waals surface area contributed by atoms with Crippen LogP contribution in [0.25, 0.3) is 11.3 Å². The lowest BCUT2D eigenvalue weighted by Gasteiger charge is -2.09. The predicted octanol–water partition coefficient (Wildman–Crippen LogP) is 3.17. The van der Waals surface area contributed by atoms with E-state index >= 15 is 0 Å². The zero-order chi connectivity index (χ0) is 13.3. The van der Waals surface area contributed by atoms with Crippen molar-refractivity contribution in [2.45, 2.75) is 19.6 Å². The molecule has 0 amide bonds. The molecule has 0 radical (unpaired) electrons. The molecular formula is C12H12F3N3. The van der Waals surface area contributed by atoms with Crippen molar-refractivity contribution in [3.8, 4) is 11.3 Å². The van der Waals surface area contributed by atoms with Gasteiger partial charge in [-0.15, -0.1) is 0 Å². The Hall–Kier alpha value is -1.98. The molecule has 96 valence electrons. The number of anilines is 1. The minimum Gasteiger partial charge on any atom is -0.382 e. The third-order valence-electron chi connectivity index (χ3n) is 2.58. The molecule has 3 nitrogen and oxygen atoms in total. The van der Waals surface area contributed by atoms with Crippen LogP contribution in [0.2, 0.25) is 0 Å². The highest BCUT2D eigenvalue weighted by atomic mass is 19.4. The Morgan fingerprint density at radius 2 is 2.00 bits per heavy atom. The number of aromatic nitrogens is 2. The molecule has 0 saturated heterocycles. The second-order valence-electron chi connectivity index (χ2n) is 3.85. The first-order valence-electron chi connectivity index (χ1n) is 5.42. The number of nitrogens with two attached hydrogens (primary N) is 1. The Morgan fingerprint density at radius 1 is 1.28 bits per heavy atom. The topological polar surface area (TPSA) is 43.8 Å². The van der Waals surface area contributed by atoms with Crippen LogP contribution in [0.4, 0.5) is 19.0 Å². The average molecular weight is 255 g/mol. The molecule has 1 aromatic heterocycles. The smallest absolute Gasteiger partial charge is 0.382 e. The molecule has 0 bridgehead atoms. The van der Waals surface area contributed by atoms with Gasteiger partial charge in [-0.1, -0.05) is 12.1 Å². The van der Waals surface area contributed by atoms with Crippen LogP contribution in [-0.2, 0) is 12.7 Å². The summed E-state index contributed by atoms with van der Waals surface area (Å²) in [5.74, 6) is 0.296. The van der Waals surface area contributed by atoms with E-state index < -0.39 is 11.7 Å². The number of hydrogen-bond acceptors (Lipinski definition) is 2. The molecular weight excluding hydrogens is 243 g/mol. The minimum absolute atomic E-state index is 0.296. The third kappa shape index (κ3) is 2.32. The molecule has 0 saturated carbocycles. The van der Waals surface area contributed by atoms with Gasteiger partial charge in [0.25, 0.3) is 0 Å². The fourth-order valence-corrected chi connectivity index (χ4v) is 1.76. The van der Waals surface area contributed by atoms with Crippen LogP contribution in [0, 0.1) is 0 Å². The molecule has 2 aromatic rings. The Kier molecular flexibility index (Phi) is 3.02. The van der Waals surface area contributed by atoms with Crippen LogP contribution in [-0.4, -0.2) is 9.78 Å². The van der Waals surface area contributed by atoms with E-state index in [4.69, 9.17) is 5.73 Å². The summed E-state index contributed by atoms with van der Waals surface area (Å²) in [7, 11) is 0. The number of benzene rings is 1. The van der Waals surface area contributed by atoms with Crippen molar-refractivity contribution in [1.82, 2.24) is 9.78 Å². The van der Waals surface area contributed by atoms with Gasteiger partial charge in [0, 0.05) is 18.2 Å². The van der Waals surface area contributed by atoms with Crippen LogP contribution >= 0.6 is 0 Å². The van der Waals surface area contributed by atoms with Gasteiger partial charge in [-0.25, -0.2) is 0 Å². The summed E-state index contributed by atoms with van der Waals surface area (Å²) in [6.07, 6.45) is -4.35. The lowest BCUT2D eigenvalue weighted by Crippen LogP contribution is -2.05. The molecule has 6 heteroatoms. The van der Waals surface area contributed by atoms with E-state index in [9.17, 15) is 13.2 Å². The van der Waals surface area contributed by atoms with Gasteiger partial charge in [0.05, 0.1) is 11.3 Å². The van der Waals surface area contributed by atoms with E-state index in [2.05, 4.69) is 5.10 Å². The van der Waals surface area contributed by atoms with Crippen molar-refractivity contribution in [2.24, 2.45) is 0 Å². The van der Waals surface area contributed by atoms with Gasteiger partial charge in [0.2, 0.25) is 0 Å². The van der Waals surface area contributed by atoms with Crippen molar-refractivity contribution >= 4 is 5.82 Å². The zero-order valence-electron chi connectivity index (χ0n) is 9.70. The normalized spacial score (nSPS) is 11.8. The first kappa shape index (κ1) is 12.5. The molecule has 1 heterocycles. The molecule has 0 aliphatic carbocycles. The van der Waals surface area contributed by atoms with Gasteiger partial charge in [0.1, 0.15) is 5.82 Å². The van der Waals surface area contributed by atoms with Crippen molar-refractivity contribution in [2.75, 3.05) is 5.73 Å². The first-order chi connectivity index (χ1) is 8.41. The minimum atomic E-state index is -4.35. The van der Waals surface area contributed by atoms with E-state index in [1.807, 2.05) is 6.92 Å². The highest BCUT2D eigenvalue weighted by Gasteiger charge is 2.30. The van der Waals surface area contributed by atoms with E-state index in [0.29, 0.717) is 23.6 Å². The number of rotatable bonds is 2. The standard InChI is InChI=1S/C12H12F3N3/c1-2-18-10(7-11(16)17-18)8-4-3-5-9(6-8)12(13,14)15/h3-7H,2H2,1H3,(H2,16,17). The van der Waals surface area contributed by atoms with E-state index in [1.165, 1.54) is 6.07 Å². The van der Waals surface area contributed by atoms with E-state index in [-0.39, 0.29) is 0 Å². The molecule has 1 aromatic carbocycles. The molecule has 0 aliphatic rings. The van der Waals surface area contributed by atoms with Crippen molar-refractivity contribution < 1.29 is 13.2 Å². The summed E-state index contributed by atoms with van der Waals surface area (Å²) in [6.45, 7) is 2.40. The van der Waals surface area contributed by atoms with E-state index in [1.54, 1.807) is 16.8 Å². The second-order valence-corrected chi connectivity index (χ2v) is 3.85. The van der Waals surface area contributed by atoms with Crippen LogP contribution in [0.1, 0.15) is 12.5 Å². The maximum absolute atomic E-state index is 12.6. The highest BCUT2D eigenvalue weighted by molar-refractivity contribution is 5.63. The lowest BCUT2D eigenvalue weighted by atomic mass is 10.1. The molecule has 0 unspecified atom stereocenters. The first-order valence-corrected chi connectivity index (χ1v) is 5.42. The summed E-state index contributed by atoms with van der Waals surface area (Å²) >= 11 is 0. The second kappa shape index (κ2) is 4.36. The summed E-state index contributed by atoms with van der Waals surface area (Å²) in [4.78, 5) is 0. The third-order valence-corrected chi connectivity index (χ3v) is 2.58. The summed E-state index contributed by atoms with van der Waals surface area (Å²) < 4.78 is 39.4. The van der Waals surface area contributed by atoms with Gasteiger partial charge >= 0.3 is 6.18 Å². The largest absolute Gasteiger partial charge is 0.416 e. The summed E-state index contributed by atoms with van der Waals surface area (Å²) in [6, 6.07) is 6.69. The quantitative estimate of drug-likeness (QED) is 0.895. The number of alkyl halides is 3. The number of hydrogen-bond donors (Lipinski definition) is 1. The van der Waals surface area contributed by atoms with Gasteiger partial charge in [-0.3, -0.25) is 4.68 Å². The number of nitrogens with zero attached hydrogens (tertiary/aromatic N) is 2. The average Bonchev–Trinajstić information content (AvgIpc) is 2.69. The Balaban J connectivity index is 2.51. The van der Waals surface area contributed by atoms with E-state index in [0.717, 1.165) is 12.1 Å². The van der Waals surface area contributed by atoms with Gasteiger partial charge in [-0.05, 0) is 19.1 Å². The maximum atomic E-state index is 12.6. The number of aryl methyl sites for hydroxylation is 1. The highest BCUT2D eigenvalue weighted by Crippen LogP contribution is 2.32. The SMILES string of the molecule is CCn1nc(N)cc1-c1cccc(C(F)(F)F)c1. The molecule has 0 aliphatic heterocycles. The Labute approximate surface area is 102 Å². The summed E-state index contributed by atoms with van der Waals surface area (Å²) in [5.41, 5.74) is 5.92. The fraction of sp³-hybridized carbons (Fsp3) is 0.250. The van der Waals surface area contributed by atoms with Gasteiger partial charge in [-0.2, -0.15) is 18.3 Å². The maximum Gasteiger partial charge on any atom is 0.416 e. The molecule has 0 fully saturated rings. The number of halogens is 3. The lowest BCUT2D eigenvalue weighted by molar-refractivity contribution is -0.137. The predicted molar refractivity (Wildman–Crippen MR) is 62.8 cm³/mol. The van der Waals surface area contributed by atoms with Crippen molar-refractivity contribution in [3.63, 3.8) is 0 Å². The van der Waals surface area contributed by atoms with Crippen molar-refractivity contribution in [3.05, 3.63) is 35.9 Å².